The SMILES string of the molecule is CC(=O)CC(=O)NCCCC(=O)O. The Hall–Kier alpha value is -1.39. The van der Waals surface area contributed by atoms with Crippen LogP contribution in [0.5, 0.6) is 0 Å². The molecule has 2 N–H and O–H groups in total. The minimum Gasteiger partial charge on any atom is -0.481 e. The molecule has 0 aliphatic carbocycles. The molecule has 0 aromatic carbocycles. The molecule has 0 aromatic rings. The van der Waals surface area contributed by atoms with E-state index in [1.165, 1.54) is 6.92 Å². The Morgan fingerprint density at radius 1 is 1.31 bits per heavy atom. The summed E-state index contributed by atoms with van der Waals surface area (Å²) in [5.41, 5.74) is 0. The van der Waals surface area contributed by atoms with Crippen LogP contribution in [0.15, 0.2) is 0 Å². The van der Waals surface area contributed by atoms with Crippen LogP contribution in [0, 0.1) is 0 Å². The summed E-state index contributed by atoms with van der Waals surface area (Å²) in [6.07, 6.45) is 0.284. The molecule has 0 bridgehead atoms. The number of aliphatic carboxylic acids is 1. The van der Waals surface area contributed by atoms with Crippen molar-refractivity contribution in [3.63, 3.8) is 0 Å². The van der Waals surface area contributed by atoms with Gasteiger partial charge < -0.3 is 10.4 Å². The monoisotopic (exact) mass is 187 g/mol. The van der Waals surface area contributed by atoms with Gasteiger partial charge in [-0.1, -0.05) is 0 Å². The van der Waals surface area contributed by atoms with Crippen LogP contribution in [0.1, 0.15) is 26.2 Å². The first-order valence-electron chi connectivity index (χ1n) is 4.00. The average Bonchev–Trinajstić information content (AvgIpc) is 1.96. The summed E-state index contributed by atoms with van der Waals surface area (Å²) in [6, 6.07) is 0. The number of hydrogen-bond acceptors (Lipinski definition) is 3. The summed E-state index contributed by atoms with van der Waals surface area (Å²) < 4.78 is 0. The van der Waals surface area contributed by atoms with E-state index in [9.17, 15) is 14.4 Å². The molecular formula is C8H13NO4. The van der Waals surface area contributed by atoms with Crippen LogP contribution in [0.25, 0.3) is 0 Å². The maximum Gasteiger partial charge on any atom is 0.303 e. The van der Waals surface area contributed by atoms with E-state index in [0.717, 1.165) is 0 Å². The maximum absolute atomic E-state index is 10.8. The third-order valence-corrected chi connectivity index (χ3v) is 1.30. The first-order valence-corrected chi connectivity index (χ1v) is 4.00. The molecule has 0 saturated heterocycles. The Balaban J connectivity index is 3.37. The van der Waals surface area contributed by atoms with Gasteiger partial charge in [0, 0.05) is 13.0 Å². The number of carboxylic acids is 1. The Morgan fingerprint density at radius 3 is 2.38 bits per heavy atom. The molecule has 0 fully saturated rings. The summed E-state index contributed by atoms with van der Waals surface area (Å²) in [5.74, 6) is -1.44. The summed E-state index contributed by atoms with van der Waals surface area (Å²) in [5, 5.41) is 10.7. The molecule has 0 unspecified atom stereocenters. The second-order valence-electron chi connectivity index (χ2n) is 2.73. The molecule has 0 radical (unpaired) electrons. The van der Waals surface area contributed by atoms with E-state index >= 15 is 0 Å². The van der Waals surface area contributed by atoms with Crippen LogP contribution in [-0.2, 0) is 14.4 Å². The molecule has 0 spiro atoms. The standard InChI is InChI=1S/C8H13NO4/c1-6(10)5-7(11)9-4-2-3-8(12)13/h2-5H2,1H3,(H,9,11)(H,12,13). The van der Waals surface area contributed by atoms with Gasteiger partial charge in [-0.15, -0.1) is 0 Å². The number of Topliss-reactive ketones (excluding diaryl/α,β-unsaturated/α-hetero) is 1. The summed E-state index contributed by atoms with van der Waals surface area (Å²) >= 11 is 0. The molecule has 0 heterocycles. The lowest BCUT2D eigenvalue weighted by Gasteiger charge is -2.01. The van der Waals surface area contributed by atoms with Gasteiger partial charge in [-0.05, 0) is 13.3 Å². The van der Waals surface area contributed by atoms with Gasteiger partial charge in [0.25, 0.3) is 0 Å². The lowest BCUT2D eigenvalue weighted by atomic mass is 10.3. The highest BCUT2D eigenvalue weighted by Crippen LogP contribution is 1.87. The number of amides is 1. The molecule has 5 nitrogen and oxygen atoms in total. The van der Waals surface area contributed by atoms with E-state index in [1.807, 2.05) is 0 Å². The van der Waals surface area contributed by atoms with Gasteiger partial charge in [-0.25, -0.2) is 0 Å². The number of carbonyl (C=O) groups excluding carboxylic acids is 2. The van der Waals surface area contributed by atoms with Crippen LogP contribution in [0.4, 0.5) is 0 Å². The van der Waals surface area contributed by atoms with Crippen molar-refractivity contribution in [3.05, 3.63) is 0 Å². The summed E-state index contributed by atoms with van der Waals surface area (Å²) in [4.78, 5) is 31.3. The van der Waals surface area contributed by atoms with Crippen LogP contribution < -0.4 is 5.32 Å². The number of carboxylic acid groups (broad SMARTS) is 1. The predicted molar refractivity (Wildman–Crippen MR) is 45.2 cm³/mol. The van der Waals surface area contributed by atoms with E-state index in [4.69, 9.17) is 5.11 Å². The van der Waals surface area contributed by atoms with Crippen molar-refractivity contribution in [2.75, 3.05) is 6.54 Å². The zero-order valence-electron chi connectivity index (χ0n) is 7.50. The van der Waals surface area contributed by atoms with E-state index < -0.39 is 5.97 Å². The zero-order valence-corrected chi connectivity index (χ0v) is 7.50. The van der Waals surface area contributed by atoms with Crippen LogP contribution in [-0.4, -0.2) is 29.3 Å². The summed E-state index contributed by atoms with van der Waals surface area (Å²) in [7, 11) is 0. The Labute approximate surface area is 76.1 Å². The average molecular weight is 187 g/mol. The van der Waals surface area contributed by atoms with Gasteiger partial charge in [0.15, 0.2) is 0 Å². The fourth-order valence-corrected chi connectivity index (χ4v) is 0.756. The zero-order chi connectivity index (χ0) is 10.3. The van der Waals surface area contributed by atoms with Crippen molar-refractivity contribution in [1.82, 2.24) is 5.32 Å². The maximum atomic E-state index is 10.8. The Morgan fingerprint density at radius 2 is 1.92 bits per heavy atom. The highest BCUT2D eigenvalue weighted by molar-refractivity contribution is 5.96. The van der Waals surface area contributed by atoms with Crippen molar-refractivity contribution in [2.45, 2.75) is 26.2 Å². The molecule has 0 aliphatic heterocycles. The summed E-state index contributed by atoms with van der Waals surface area (Å²) in [6.45, 7) is 1.63. The molecule has 0 rings (SSSR count). The molecular weight excluding hydrogens is 174 g/mol. The first-order chi connectivity index (χ1) is 6.02. The van der Waals surface area contributed by atoms with E-state index in [1.54, 1.807) is 0 Å². The molecule has 74 valence electrons. The van der Waals surface area contributed by atoms with Gasteiger partial charge in [0.1, 0.15) is 5.78 Å². The smallest absolute Gasteiger partial charge is 0.303 e. The number of ketones is 1. The molecule has 13 heavy (non-hydrogen) atoms. The largest absolute Gasteiger partial charge is 0.481 e. The van der Waals surface area contributed by atoms with Crippen molar-refractivity contribution >= 4 is 17.7 Å². The molecule has 0 aliphatic rings. The molecule has 0 atom stereocenters. The quantitative estimate of drug-likeness (QED) is 0.451. The minimum atomic E-state index is -0.888. The van der Waals surface area contributed by atoms with Gasteiger partial charge >= 0.3 is 5.97 Å². The highest BCUT2D eigenvalue weighted by Gasteiger charge is 2.03. The second-order valence-corrected chi connectivity index (χ2v) is 2.73. The number of nitrogens with one attached hydrogen (secondary N) is 1. The fourth-order valence-electron chi connectivity index (χ4n) is 0.756. The number of rotatable bonds is 6. The topological polar surface area (TPSA) is 83.5 Å². The number of hydrogen-bond donors (Lipinski definition) is 2. The van der Waals surface area contributed by atoms with Crippen LogP contribution >= 0.6 is 0 Å². The minimum absolute atomic E-state index is 0.0281. The third kappa shape index (κ3) is 8.52. The normalized spacial score (nSPS) is 9.31. The second kappa shape index (κ2) is 6.16. The third-order valence-electron chi connectivity index (χ3n) is 1.30. The van der Waals surface area contributed by atoms with Crippen molar-refractivity contribution in [2.24, 2.45) is 0 Å². The molecule has 0 saturated carbocycles. The van der Waals surface area contributed by atoms with Gasteiger partial charge in [-0.3, -0.25) is 14.4 Å². The van der Waals surface area contributed by atoms with Crippen LogP contribution in [0.2, 0.25) is 0 Å². The van der Waals surface area contributed by atoms with E-state index in [-0.39, 0.29) is 24.5 Å². The molecule has 1 amide bonds. The Kier molecular flexibility index (Phi) is 5.50. The fraction of sp³-hybridized carbons (Fsp3) is 0.625. The molecule has 5 heteroatoms. The van der Waals surface area contributed by atoms with Crippen LogP contribution in [0.3, 0.4) is 0 Å². The van der Waals surface area contributed by atoms with Gasteiger partial charge in [0.05, 0.1) is 6.42 Å². The van der Waals surface area contributed by atoms with Crippen molar-refractivity contribution < 1.29 is 19.5 Å². The van der Waals surface area contributed by atoms with Crippen molar-refractivity contribution in [1.29, 1.82) is 0 Å². The predicted octanol–water partition coefficient (Wildman–Crippen LogP) is -0.0535. The Bertz CT molecular complexity index is 212. The highest BCUT2D eigenvalue weighted by atomic mass is 16.4. The van der Waals surface area contributed by atoms with Gasteiger partial charge in [-0.2, -0.15) is 0 Å². The molecule has 0 aromatic heterocycles. The van der Waals surface area contributed by atoms with Gasteiger partial charge in [0.2, 0.25) is 5.91 Å². The number of carbonyl (C=O) groups is 3. The lowest BCUT2D eigenvalue weighted by Crippen LogP contribution is -2.26. The first kappa shape index (κ1) is 11.6. The van der Waals surface area contributed by atoms with E-state index in [2.05, 4.69) is 5.32 Å². The van der Waals surface area contributed by atoms with E-state index in [0.29, 0.717) is 13.0 Å². The van der Waals surface area contributed by atoms with Crippen molar-refractivity contribution in [3.8, 4) is 0 Å². The lowest BCUT2D eigenvalue weighted by molar-refractivity contribution is -0.137.